The fourth-order valence-corrected chi connectivity index (χ4v) is 5.37. The van der Waals surface area contributed by atoms with Crippen molar-refractivity contribution in [1.82, 2.24) is 10.0 Å². The van der Waals surface area contributed by atoms with Gasteiger partial charge in [-0.05, 0) is 50.4 Å². The number of nitrogens with two attached hydrogens (primary N) is 1. The lowest BCUT2D eigenvalue weighted by Gasteiger charge is -2.27. The highest BCUT2D eigenvalue weighted by molar-refractivity contribution is 7.89. The molecule has 0 radical (unpaired) electrons. The van der Waals surface area contributed by atoms with Gasteiger partial charge in [0.05, 0.1) is 17.8 Å². The number of hydrogen-bond donors (Lipinski definition) is 3. The van der Waals surface area contributed by atoms with Crippen LogP contribution in [0.15, 0.2) is 0 Å². The molecular formula is C16H30ClN3O4S. The number of carbonyl (C=O) groups excluding carboxylic acids is 1. The third kappa shape index (κ3) is 5.29. The van der Waals surface area contributed by atoms with Gasteiger partial charge in [0, 0.05) is 25.7 Å². The first-order valence-electron chi connectivity index (χ1n) is 9.08. The number of hydrogen-bond acceptors (Lipinski definition) is 5. The van der Waals surface area contributed by atoms with Gasteiger partial charge in [0.2, 0.25) is 15.9 Å². The molecule has 2 bridgehead atoms. The van der Waals surface area contributed by atoms with Crippen molar-refractivity contribution < 1.29 is 17.9 Å². The highest BCUT2D eigenvalue weighted by Gasteiger charge is 2.48. The predicted molar refractivity (Wildman–Crippen MR) is 97.9 cm³/mol. The first-order valence-corrected chi connectivity index (χ1v) is 10.7. The third-order valence-corrected chi connectivity index (χ3v) is 7.11. The van der Waals surface area contributed by atoms with Crippen molar-refractivity contribution in [2.75, 3.05) is 25.4 Å². The van der Waals surface area contributed by atoms with E-state index < -0.39 is 10.0 Å². The number of nitrogens with one attached hydrogen (secondary N) is 2. The van der Waals surface area contributed by atoms with Gasteiger partial charge in [0.15, 0.2) is 0 Å². The number of fused-ring (bicyclic) bond motifs is 2. The van der Waals surface area contributed by atoms with Crippen LogP contribution in [0.4, 0.5) is 0 Å². The summed E-state index contributed by atoms with van der Waals surface area (Å²) in [6, 6.07) is -0.0677. The van der Waals surface area contributed by atoms with Gasteiger partial charge in [0.1, 0.15) is 0 Å². The SMILES string of the molecule is Cl.NC1C2CCC(C2)C1C(=O)NCCS(=O)(=O)NCC1CCCCO1. The Kier molecular flexibility index (Phi) is 7.52. The minimum atomic E-state index is -3.40. The number of carbonyl (C=O) groups is 1. The van der Waals surface area contributed by atoms with Gasteiger partial charge in [-0.25, -0.2) is 13.1 Å². The Morgan fingerprint density at radius 3 is 2.56 bits per heavy atom. The molecule has 1 amide bonds. The van der Waals surface area contributed by atoms with E-state index in [-0.39, 0.29) is 48.7 Å². The molecule has 3 aliphatic rings. The lowest BCUT2D eigenvalue weighted by Crippen LogP contribution is -2.46. The van der Waals surface area contributed by atoms with Gasteiger partial charge in [-0.3, -0.25) is 4.79 Å². The lowest BCUT2D eigenvalue weighted by atomic mass is 9.84. The Labute approximate surface area is 156 Å². The molecule has 1 saturated heterocycles. The maximum Gasteiger partial charge on any atom is 0.225 e. The smallest absolute Gasteiger partial charge is 0.225 e. The highest BCUT2D eigenvalue weighted by Crippen LogP contribution is 2.47. The molecule has 3 rings (SSSR count). The van der Waals surface area contributed by atoms with Crippen molar-refractivity contribution in [2.45, 2.75) is 50.7 Å². The zero-order valence-corrected chi connectivity index (χ0v) is 16.1. The second-order valence-corrected chi connectivity index (χ2v) is 9.31. The van der Waals surface area contributed by atoms with Gasteiger partial charge >= 0.3 is 0 Å². The van der Waals surface area contributed by atoms with E-state index in [0.717, 1.165) is 38.5 Å². The second-order valence-electron chi connectivity index (χ2n) is 7.38. The van der Waals surface area contributed by atoms with Crippen LogP contribution < -0.4 is 15.8 Å². The summed E-state index contributed by atoms with van der Waals surface area (Å²) in [5.74, 6) is 0.506. The van der Waals surface area contributed by atoms with Gasteiger partial charge in [-0.1, -0.05) is 0 Å². The minimum absolute atomic E-state index is 0. The van der Waals surface area contributed by atoms with E-state index in [0.29, 0.717) is 25.0 Å². The Hall–Kier alpha value is -0.410. The van der Waals surface area contributed by atoms with E-state index in [4.69, 9.17) is 10.5 Å². The van der Waals surface area contributed by atoms with Crippen molar-refractivity contribution in [3.8, 4) is 0 Å². The molecule has 5 unspecified atom stereocenters. The molecule has 9 heteroatoms. The summed E-state index contributed by atoms with van der Waals surface area (Å²) in [5.41, 5.74) is 6.15. The first-order chi connectivity index (χ1) is 11.5. The molecule has 5 atom stereocenters. The Balaban J connectivity index is 0.00000225. The predicted octanol–water partition coefficient (Wildman–Crippen LogP) is 0.386. The van der Waals surface area contributed by atoms with Crippen LogP contribution in [0, 0.1) is 17.8 Å². The van der Waals surface area contributed by atoms with E-state index in [2.05, 4.69) is 10.0 Å². The third-order valence-electron chi connectivity index (χ3n) is 5.76. The van der Waals surface area contributed by atoms with E-state index in [1.807, 2.05) is 0 Å². The molecule has 0 aromatic carbocycles. The molecular weight excluding hydrogens is 366 g/mol. The molecule has 2 saturated carbocycles. The maximum absolute atomic E-state index is 12.3. The summed E-state index contributed by atoms with van der Waals surface area (Å²) >= 11 is 0. The largest absolute Gasteiger partial charge is 0.377 e. The minimum Gasteiger partial charge on any atom is -0.377 e. The molecule has 25 heavy (non-hydrogen) atoms. The summed E-state index contributed by atoms with van der Waals surface area (Å²) in [4.78, 5) is 12.3. The zero-order valence-electron chi connectivity index (χ0n) is 14.5. The van der Waals surface area contributed by atoms with Crippen molar-refractivity contribution in [1.29, 1.82) is 0 Å². The van der Waals surface area contributed by atoms with E-state index in [1.54, 1.807) is 0 Å². The number of rotatable bonds is 7. The first kappa shape index (κ1) is 20.9. The second kappa shape index (κ2) is 8.99. The molecule has 146 valence electrons. The lowest BCUT2D eigenvalue weighted by molar-refractivity contribution is -0.126. The number of sulfonamides is 1. The van der Waals surface area contributed by atoms with E-state index in [9.17, 15) is 13.2 Å². The molecule has 4 N–H and O–H groups in total. The van der Waals surface area contributed by atoms with Gasteiger partial charge in [0.25, 0.3) is 0 Å². The molecule has 3 fully saturated rings. The zero-order chi connectivity index (χ0) is 17.2. The van der Waals surface area contributed by atoms with Crippen molar-refractivity contribution in [3.05, 3.63) is 0 Å². The van der Waals surface area contributed by atoms with Crippen molar-refractivity contribution in [2.24, 2.45) is 23.5 Å². The van der Waals surface area contributed by atoms with Gasteiger partial charge < -0.3 is 15.8 Å². The van der Waals surface area contributed by atoms with Crippen LogP contribution in [-0.4, -0.2) is 51.9 Å². The number of halogens is 1. The summed E-state index contributed by atoms with van der Waals surface area (Å²) in [6.07, 6.45) is 6.21. The quantitative estimate of drug-likeness (QED) is 0.577. The summed E-state index contributed by atoms with van der Waals surface area (Å²) in [5, 5.41) is 2.76. The Morgan fingerprint density at radius 2 is 1.92 bits per heavy atom. The number of ether oxygens (including phenoxy) is 1. The van der Waals surface area contributed by atoms with Crippen molar-refractivity contribution in [3.63, 3.8) is 0 Å². The standard InChI is InChI=1S/C16H29N3O4S.ClH/c17-15-12-5-4-11(9-12)14(15)16(20)18-6-8-24(21,22)19-10-13-3-1-2-7-23-13;/h11-15,19H,1-10,17H2,(H,18,20);1H. The molecule has 0 spiro atoms. The monoisotopic (exact) mass is 395 g/mol. The number of amides is 1. The van der Waals surface area contributed by atoms with Crippen LogP contribution in [0.1, 0.15) is 38.5 Å². The Morgan fingerprint density at radius 1 is 1.16 bits per heavy atom. The molecule has 0 aromatic rings. The maximum atomic E-state index is 12.3. The van der Waals surface area contributed by atoms with Crippen molar-refractivity contribution >= 4 is 28.3 Å². The summed E-state index contributed by atoms with van der Waals surface area (Å²) < 4.78 is 32.1. The average Bonchev–Trinajstić information content (AvgIpc) is 3.15. The summed E-state index contributed by atoms with van der Waals surface area (Å²) in [6.45, 7) is 1.14. The fraction of sp³-hybridized carbons (Fsp3) is 0.938. The van der Waals surface area contributed by atoms with Crippen LogP contribution in [0.3, 0.4) is 0 Å². The molecule has 1 aliphatic heterocycles. The molecule has 2 aliphatic carbocycles. The van der Waals surface area contributed by atoms with E-state index >= 15 is 0 Å². The fourth-order valence-electron chi connectivity index (χ4n) is 4.41. The molecule has 0 aromatic heterocycles. The van der Waals surface area contributed by atoms with Crippen LogP contribution in [0.5, 0.6) is 0 Å². The Bertz CT molecular complexity index is 552. The molecule has 1 heterocycles. The van der Waals surface area contributed by atoms with Gasteiger partial charge in [-0.2, -0.15) is 0 Å². The highest BCUT2D eigenvalue weighted by atomic mass is 35.5. The van der Waals surface area contributed by atoms with Gasteiger partial charge in [-0.15, -0.1) is 12.4 Å². The normalized spacial score (nSPS) is 34.5. The van der Waals surface area contributed by atoms with Crippen LogP contribution in [-0.2, 0) is 19.6 Å². The van der Waals surface area contributed by atoms with Crippen LogP contribution >= 0.6 is 12.4 Å². The average molecular weight is 396 g/mol. The van der Waals surface area contributed by atoms with E-state index in [1.165, 1.54) is 0 Å². The van der Waals surface area contributed by atoms with Crippen LogP contribution in [0.25, 0.3) is 0 Å². The van der Waals surface area contributed by atoms with Crippen LogP contribution in [0.2, 0.25) is 0 Å². The molecule has 7 nitrogen and oxygen atoms in total. The topological polar surface area (TPSA) is 111 Å². The summed E-state index contributed by atoms with van der Waals surface area (Å²) in [7, 11) is -3.40.